The van der Waals surface area contributed by atoms with Gasteiger partial charge in [0.05, 0.1) is 18.2 Å². The first-order valence-electron chi connectivity index (χ1n) is 6.46. The topological polar surface area (TPSA) is 42.4 Å². The predicted molar refractivity (Wildman–Crippen MR) is 70.2 cm³/mol. The first kappa shape index (κ1) is 11.6. The van der Waals surface area contributed by atoms with Gasteiger partial charge in [-0.15, -0.1) is 0 Å². The van der Waals surface area contributed by atoms with E-state index in [0.717, 1.165) is 35.9 Å². The Hall–Kier alpha value is -1.45. The Kier molecular flexibility index (Phi) is 3.26. The molecule has 0 spiro atoms. The van der Waals surface area contributed by atoms with Gasteiger partial charge in [-0.25, -0.2) is 0 Å². The third kappa shape index (κ3) is 2.11. The second-order valence-corrected chi connectivity index (χ2v) is 4.84. The lowest BCUT2D eigenvalue weighted by Gasteiger charge is -2.27. The summed E-state index contributed by atoms with van der Waals surface area (Å²) in [4.78, 5) is 4.33. The largest absolute Gasteiger partial charge is 0.388 e. The fraction of sp³-hybridized carbons (Fsp3) is 0.400. The molecule has 1 fully saturated rings. The molecular weight excluding hydrogens is 226 g/mol. The minimum atomic E-state index is -0.460. The fourth-order valence-electron chi connectivity index (χ4n) is 2.65. The highest BCUT2D eigenvalue weighted by Crippen LogP contribution is 2.32. The van der Waals surface area contributed by atoms with Gasteiger partial charge in [-0.05, 0) is 30.5 Å². The van der Waals surface area contributed by atoms with Crippen LogP contribution in [-0.4, -0.2) is 23.3 Å². The van der Waals surface area contributed by atoms with E-state index in [-0.39, 0.29) is 5.92 Å². The third-order valence-electron chi connectivity index (χ3n) is 3.64. The van der Waals surface area contributed by atoms with Gasteiger partial charge in [0.1, 0.15) is 0 Å². The number of pyridine rings is 1. The van der Waals surface area contributed by atoms with Crippen molar-refractivity contribution in [2.45, 2.75) is 18.9 Å². The van der Waals surface area contributed by atoms with Crippen molar-refractivity contribution in [2.24, 2.45) is 5.92 Å². The predicted octanol–water partition coefficient (Wildman–Crippen LogP) is 2.69. The van der Waals surface area contributed by atoms with Crippen LogP contribution >= 0.6 is 0 Å². The standard InChI is InChI=1S/C15H17NO2/c17-15(11-4-3-9-18-10-11)13-5-1-7-14-12(13)6-2-8-16-14/h1-2,5-8,11,15,17H,3-4,9-10H2. The van der Waals surface area contributed by atoms with Gasteiger partial charge in [-0.2, -0.15) is 0 Å². The van der Waals surface area contributed by atoms with Crippen LogP contribution in [0.2, 0.25) is 0 Å². The maximum atomic E-state index is 10.5. The normalized spacial score (nSPS) is 21.9. The molecule has 1 aromatic heterocycles. The molecule has 2 unspecified atom stereocenters. The highest BCUT2D eigenvalue weighted by Gasteiger charge is 2.24. The SMILES string of the molecule is OC(c1cccc2ncccc12)C1CCCOC1. The molecule has 2 heterocycles. The summed E-state index contributed by atoms with van der Waals surface area (Å²) >= 11 is 0. The second kappa shape index (κ2) is 5.04. The summed E-state index contributed by atoms with van der Waals surface area (Å²) in [5, 5.41) is 11.6. The lowest BCUT2D eigenvalue weighted by Crippen LogP contribution is -2.23. The molecule has 3 heteroatoms. The number of rotatable bonds is 2. The van der Waals surface area contributed by atoms with E-state index in [1.54, 1.807) is 6.20 Å². The molecule has 1 saturated heterocycles. The summed E-state index contributed by atoms with van der Waals surface area (Å²) < 4.78 is 5.46. The molecule has 2 aromatic rings. The second-order valence-electron chi connectivity index (χ2n) is 4.84. The minimum Gasteiger partial charge on any atom is -0.388 e. The Morgan fingerprint density at radius 1 is 1.28 bits per heavy atom. The Labute approximate surface area is 106 Å². The molecule has 0 saturated carbocycles. The number of hydrogen-bond donors (Lipinski definition) is 1. The first-order valence-corrected chi connectivity index (χ1v) is 6.46. The summed E-state index contributed by atoms with van der Waals surface area (Å²) in [6, 6.07) is 9.85. The average Bonchev–Trinajstić information content (AvgIpc) is 2.47. The minimum absolute atomic E-state index is 0.199. The van der Waals surface area contributed by atoms with Crippen LogP contribution in [0.1, 0.15) is 24.5 Å². The van der Waals surface area contributed by atoms with Gasteiger partial charge in [0.2, 0.25) is 0 Å². The molecule has 3 rings (SSSR count). The molecule has 1 N–H and O–H groups in total. The summed E-state index contributed by atoms with van der Waals surface area (Å²) in [6.07, 6.45) is 3.38. The van der Waals surface area contributed by atoms with Crippen LogP contribution < -0.4 is 0 Å². The van der Waals surface area contributed by atoms with Crippen molar-refractivity contribution in [1.82, 2.24) is 4.98 Å². The number of fused-ring (bicyclic) bond motifs is 1. The van der Waals surface area contributed by atoms with Gasteiger partial charge < -0.3 is 9.84 Å². The van der Waals surface area contributed by atoms with Gasteiger partial charge in [-0.1, -0.05) is 18.2 Å². The Balaban J connectivity index is 1.97. The number of benzene rings is 1. The van der Waals surface area contributed by atoms with Gasteiger partial charge in [0.25, 0.3) is 0 Å². The van der Waals surface area contributed by atoms with E-state index in [4.69, 9.17) is 4.74 Å². The lowest BCUT2D eigenvalue weighted by molar-refractivity contribution is -0.00942. The van der Waals surface area contributed by atoms with E-state index in [9.17, 15) is 5.11 Å². The third-order valence-corrected chi connectivity index (χ3v) is 3.64. The molecule has 94 valence electrons. The van der Waals surface area contributed by atoms with E-state index in [2.05, 4.69) is 4.98 Å². The molecular formula is C15H17NO2. The maximum Gasteiger partial charge on any atom is 0.0846 e. The van der Waals surface area contributed by atoms with Crippen molar-refractivity contribution in [1.29, 1.82) is 0 Å². The van der Waals surface area contributed by atoms with Crippen LogP contribution in [0.3, 0.4) is 0 Å². The van der Waals surface area contributed by atoms with Gasteiger partial charge in [-0.3, -0.25) is 4.98 Å². The van der Waals surface area contributed by atoms with Crippen molar-refractivity contribution in [3.05, 3.63) is 42.1 Å². The van der Waals surface area contributed by atoms with Gasteiger partial charge >= 0.3 is 0 Å². The average molecular weight is 243 g/mol. The van der Waals surface area contributed by atoms with E-state index in [1.807, 2.05) is 30.3 Å². The zero-order chi connectivity index (χ0) is 12.4. The molecule has 0 bridgehead atoms. The maximum absolute atomic E-state index is 10.5. The van der Waals surface area contributed by atoms with Crippen LogP contribution in [0.5, 0.6) is 0 Å². The van der Waals surface area contributed by atoms with E-state index in [0.29, 0.717) is 6.61 Å². The monoisotopic (exact) mass is 243 g/mol. The van der Waals surface area contributed by atoms with Crippen molar-refractivity contribution < 1.29 is 9.84 Å². The zero-order valence-electron chi connectivity index (χ0n) is 10.2. The molecule has 0 radical (unpaired) electrons. The molecule has 1 aliphatic rings. The van der Waals surface area contributed by atoms with Crippen LogP contribution in [-0.2, 0) is 4.74 Å². The number of aliphatic hydroxyl groups excluding tert-OH is 1. The lowest BCUT2D eigenvalue weighted by atomic mass is 9.89. The highest BCUT2D eigenvalue weighted by atomic mass is 16.5. The smallest absolute Gasteiger partial charge is 0.0846 e. The Bertz CT molecular complexity index is 530. The zero-order valence-corrected chi connectivity index (χ0v) is 10.2. The van der Waals surface area contributed by atoms with Gasteiger partial charge in [0.15, 0.2) is 0 Å². The molecule has 1 aromatic carbocycles. The van der Waals surface area contributed by atoms with Crippen LogP contribution in [0, 0.1) is 5.92 Å². The van der Waals surface area contributed by atoms with E-state index < -0.39 is 6.10 Å². The molecule has 0 aliphatic carbocycles. The Morgan fingerprint density at radius 2 is 2.22 bits per heavy atom. The van der Waals surface area contributed by atoms with Gasteiger partial charge in [0, 0.05) is 24.1 Å². The number of ether oxygens (including phenoxy) is 1. The first-order chi connectivity index (χ1) is 8.86. The molecule has 1 aliphatic heterocycles. The number of aromatic nitrogens is 1. The van der Waals surface area contributed by atoms with Crippen molar-refractivity contribution in [2.75, 3.05) is 13.2 Å². The van der Waals surface area contributed by atoms with Crippen molar-refractivity contribution in [3.8, 4) is 0 Å². The fourth-order valence-corrected chi connectivity index (χ4v) is 2.65. The molecule has 18 heavy (non-hydrogen) atoms. The quantitative estimate of drug-likeness (QED) is 0.881. The summed E-state index contributed by atoms with van der Waals surface area (Å²) in [5.41, 5.74) is 1.90. The van der Waals surface area contributed by atoms with Crippen LogP contribution in [0.4, 0.5) is 0 Å². The summed E-state index contributed by atoms with van der Waals surface area (Å²) in [5.74, 6) is 0.199. The number of hydrogen-bond acceptors (Lipinski definition) is 3. The van der Waals surface area contributed by atoms with Crippen molar-refractivity contribution in [3.63, 3.8) is 0 Å². The van der Waals surface area contributed by atoms with E-state index >= 15 is 0 Å². The summed E-state index contributed by atoms with van der Waals surface area (Å²) in [6.45, 7) is 1.47. The molecule has 0 amide bonds. The highest BCUT2D eigenvalue weighted by molar-refractivity contribution is 5.82. The number of aliphatic hydroxyl groups is 1. The molecule has 3 nitrogen and oxygen atoms in total. The number of nitrogens with zero attached hydrogens (tertiary/aromatic N) is 1. The summed E-state index contributed by atoms with van der Waals surface area (Å²) in [7, 11) is 0. The Morgan fingerprint density at radius 3 is 3.06 bits per heavy atom. The van der Waals surface area contributed by atoms with Crippen molar-refractivity contribution >= 4 is 10.9 Å². The van der Waals surface area contributed by atoms with Crippen LogP contribution in [0.25, 0.3) is 10.9 Å². The van der Waals surface area contributed by atoms with E-state index in [1.165, 1.54) is 0 Å². The molecule has 2 atom stereocenters. The van der Waals surface area contributed by atoms with Crippen LogP contribution in [0.15, 0.2) is 36.5 Å².